The molecule has 2 aromatic rings. The number of hydrogen-bond acceptors (Lipinski definition) is 5. The molecule has 4 fully saturated rings. The molecule has 6 nitrogen and oxygen atoms in total. The molecule has 0 unspecified atom stereocenters. The van der Waals surface area contributed by atoms with Crippen LogP contribution in [0.2, 0.25) is 0 Å². The van der Waals surface area contributed by atoms with E-state index in [0.717, 1.165) is 29.0 Å². The van der Waals surface area contributed by atoms with Gasteiger partial charge in [0.2, 0.25) is 11.1 Å². The van der Waals surface area contributed by atoms with Crippen molar-refractivity contribution in [2.24, 2.45) is 23.2 Å². The average molecular weight is 426 g/mol. The highest BCUT2D eigenvalue weighted by Gasteiger charge is 2.53. The summed E-state index contributed by atoms with van der Waals surface area (Å²) in [5, 5.41) is 16.1. The van der Waals surface area contributed by atoms with E-state index in [9.17, 15) is 4.79 Å². The lowest BCUT2D eigenvalue weighted by Crippen LogP contribution is -2.56. The Kier molecular flexibility index (Phi) is 5.12. The summed E-state index contributed by atoms with van der Waals surface area (Å²) < 4.78 is 1.73. The Morgan fingerprint density at radius 2 is 1.87 bits per heavy atom. The van der Waals surface area contributed by atoms with Crippen LogP contribution < -0.4 is 5.32 Å². The maximum absolute atomic E-state index is 12.8. The van der Waals surface area contributed by atoms with Crippen LogP contribution in [0.25, 0.3) is 5.69 Å². The van der Waals surface area contributed by atoms with Crippen LogP contribution in [-0.4, -0.2) is 37.9 Å². The van der Waals surface area contributed by atoms with Gasteiger partial charge >= 0.3 is 0 Å². The van der Waals surface area contributed by atoms with E-state index < -0.39 is 0 Å². The van der Waals surface area contributed by atoms with Crippen LogP contribution in [0.15, 0.2) is 23.4 Å². The van der Waals surface area contributed by atoms with E-state index >= 15 is 0 Å². The molecule has 1 heterocycles. The summed E-state index contributed by atoms with van der Waals surface area (Å²) in [7, 11) is 0. The summed E-state index contributed by atoms with van der Waals surface area (Å²) in [4.78, 5) is 12.8. The van der Waals surface area contributed by atoms with Crippen LogP contribution in [-0.2, 0) is 4.79 Å². The fourth-order valence-electron chi connectivity index (χ4n) is 6.74. The first-order valence-corrected chi connectivity index (χ1v) is 12.2. The van der Waals surface area contributed by atoms with Crippen molar-refractivity contribution in [1.82, 2.24) is 25.5 Å². The third-order valence-electron chi connectivity index (χ3n) is 7.74. The number of aryl methyl sites for hydroxylation is 2. The number of hydrogen-bond donors (Lipinski definition) is 1. The Morgan fingerprint density at radius 3 is 2.50 bits per heavy atom. The summed E-state index contributed by atoms with van der Waals surface area (Å²) in [6, 6.07) is 6.44. The SMILES string of the molecule is Cc1ccc(-n2nnnc2SCC(=O)N[C@H](C)C23CC4CC(CC(C4)C2)C3)c(C)c1. The zero-order valence-electron chi connectivity index (χ0n) is 18.1. The summed E-state index contributed by atoms with van der Waals surface area (Å²) >= 11 is 1.40. The number of nitrogens with zero attached hydrogens (tertiary/aromatic N) is 4. The molecule has 1 atom stereocenters. The zero-order chi connectivity index (χ0) is 20.9. The highest BCUT2D eigenvalue weighted by Crippen LogP contribution is 2.61. The van der Waals surface area contributed by atoms with E-state index in [1.807, 2.05) is 6.07 Å². The third-order valence-corrected chi connectivity index (χ3v) is 8.65. The number of aromatic nitrogens is 4. The van der Waals surface area contributed by atoms with Gasteiger partial charge in [-0.2, -0.15) is 4.68 Å². The lowest BCUT2D eigenvalue weighted by molar-refractivity contribution is -0.123. The van der Waals surface area contributed by atoms with Gasteiger partial charge in [-0.15, -0.1) is 5.10 Å². The second kappa shape index (κ2) is 7.66. The Hall–Kier alpha value is -1.89. The van der Waals surface area contributed by atoms with Crippen molar-refractivity contribution >= 4 is 17.7 Å². The van der Waals surface area contributed by atoms with Gasteiger partial charge < -0.3 is 5.32 Å². The molecular formula is C23H31N5OS. The summed E-state index contributed by atoms with van der Waals surface area (Å²) in [5.74, 6) is 3.10. The molecule has 6 rings (SSSR count). The first-order valence-electron chi connectivity index (χ1n) is 11.2. The Labute approximate surface area is 182 Å². The summed E-state index contributed by atoms with van der Waals surface area (Å²) in [6.07, 6.45) is 8.19. The Morgan fingerprint density at radius 1 is 1.20 bits per heavy atom. The van der Waals surface area contributed by atoms with Gasteiger partial charge in [-0.25, -0.2) is 0 Å². The van der Waals surface area contributed by atoms with Crippen molar-refractivity contribution in [2.75, 3.05) is 5.75 Å². The first kappa shape index (κ1) is 20.0. The molecule has 4 bridgehead atoms. The van der Waals surface area contributed by atoms with Crippen LogP contribution in [0, 0.1) is 37.0 Å². The van der Waals surface area contributed by atoms with E-state index in [1.54, 1.807) is 4.68 Å². The number of carbonyl (C=O) groups is 1. The molecule has 0 radical (unpaired) electrons. The minimum absolute atomic E-state index is 0.0819. The molecule has 1 amide bonds. The number of thioether (sulfide) groups is 1. The van der Waals surface area contributed by atoms with E-state index in [1.165, 1.54) is 55.9 Å². The predicted molar refractivity (Wildman–Crippen MR) is 118 cm³/mol. The number of carbonyl (C=O) groups excluding carboxylic acids is 1. The van der Waals surface area contributed by atoms with Crippen LogP contribution in [0.5, 0.6) is 0 Å². The van der Waals surface area contributed by atoms with Crippen molar-refractivity contribution < 1.29 is 4.79 Å². The van der Waals surface area contributed by atoms with Gasteiger partial charge in [-0.1, -0.05) is 29.5 Å². The maximum atomic E-state index is 12.8. The van der Waals surface area contributed by atoms with Crippen LogP contribution in [0.3, 0.4) is 0 Å². The van der Waals surface area contributed by atoms with E-state index in [2.05, 4.69) is 53.7 Å². The molecule has 30 heavy (non-hydrogen) atoms. The minimum atomic E-state index is 0.0819. The standard InChI is InChI=1S/C23H31N5OS/c1-14-4-5-20(15(2)6-14)28-22(25-26-27-28)30-13-21(29)24-16(3)23-10-17-7-18(11-23)9-19(8-17)12-23/h4-6,16-19H,7-13H2,1-3H3,(H,24,29)/t16-,17?,18?,19?,23?/m1/s1. The highest BCUT2D eigenvalue weighted by molar-refractivity contribution is 7.99. The van der Waals surface area contributed by atoms with Gasteiger partial charge in [0.05, 0.1) is 11.4 Å². The molecule has 7 heteroatoms. The lowest BCUT2D eigenvalue weighted by Gasteiger charge is -2.59. The first-order chi connectivity index (χ1) is 14.4. The van der Waals surface area contributed by atoms with E-state index in [-0.39, 0.29) is 11.9 Å². The van der Waals surface area contributed by atoms with Crippen LogP contribution in [0.4, 0.5) is 0 Å². The van der Waals surface area contributed by atoms with E-state index in [0.29, 0.717) is 16.3 Å². The van der Waals surface area contributed by atoms with Gasteiger partial charge in [-0.05, 0) is 105 Å². The molecule has 1 aromatic heterocycles. The normalized spacial score (nSPS) is 30.4. The molecule has 4 aliphatic rings. The highest BCUT2D eigenvalue weighted by atomic mass is 32.2. The number of rotatable bonds is 6. The van der Waals surface area contributed by atoms with Crippen molar-refractivity contribution in [3.05, 3.63) is 29.3 Å². The number of tetrazole rings is 1. The lowest BCUT2D eigenvalue weighted by atomic mass is 9.48. The summed E-state index contributed by atoms with van der Waals surface area (Å²) in [6.45, 7) is 6.36. The molecule has 4 aliphatic carbocycles. The topological polar surface area (TPSA) is 72.7 Å². The Balaban J connectivity index is 1.22. The maximum Gasteiger partial charge on any atom is 0.230 e. The molecule has 1 aromatic carbocycles. The smallest absolute Gasteiger partial charge is 0.230 e. The van der Waals surface area contributed by atoms with Gasteiger partial charge in [0.15, 0.2) is 0 Å². The van der Waals surface area contributed by atoms with Gasteiger partial charge in [0.1, 0.15) is 0 Å². The number of benzene rings is 1. The molecule has 4 saturated carbocycles. The largest absolute Gasteiger partial charge is 0.352 e. The molecular weight excluding hydrogens is 394 g/mol. The quantitative estimate of drug-likeness (QED) is 0.706. The van der Waals surface area contributed by atoms with Gasteiger partial charge in [-0.3, -0.25) is 4.79 Å². The second-order valence-electron chi connectivity index (χ2n) is 10.0. The minimum Gasteiger partial charge on any atom is -0.352 e. The molecule has 0 spiro atoms. The van der Waals surface area contributed by atoms with Gasteiger partial charge in [0.25, 0.3) is 0 Å². The Bertz CT molecular complexity index is 920. The van der Waals surface area contributed by atoms with Crippen molar-refractivity contribution in [3.8, 4) is 5.69 Å². The number of nitrogens with one attached hydrogen (secondary N) is 1. The summed E-state index contributed by atoms with van der Waals surface area (Å²) in [5.41, 5.74) is 3.60. The molecule has 0 saturated heterocycles. The predicted octanol–water partition coefficient (Wildman–Crippen LogP) is 4.09. The third kappa shape index (κ3) is 3.66. The second-order valence-corrected chi connectivity index (χ2v) is 11.0. The van der Waals surface area contributed by atoms with Crippen molar-refractivity contribution in [3.63, 3.8) is 0 Å². The van der Waals surface area contributed by atoms with Crippen LogP contribution >= 0.6 is 11.8 Å². The van der Waals surface area contributed by atoms with Crippen molar-refractivity contribution in [1.29, 1.82) is 0 Å². The molecule has 160 valence electrons. The average Bonchev–Trinajstić information content (AvgIpc) is 3.13. The zero-order valence-corrected chi connectivity index (χ0v) is 18.9. The van der Waals surface area contributed by atoms with Crippen molar-refractivity contribution in [2.45, 2.75) is 70.5 Å². The fraction of sp³-hybridized carbons (Fsp3) is 0.652. The van der Waals surface area contributed by atoms with Gasteiger partial charge in [0, 0.05) is 6.04 Å². The van der Waals surface area contributed by atoms with Crippen LogP contribution in [0.1, 0.15) is 56.6 Å². The fourth-order valence-corrected chi connectivity index (χ4v) is 7.43. The van der Waals surface area contributed by atoms with E-state index in [4.69, 9.17) is 0 Å². The monoisotopic (exact) mass is 425 g/mol. The molecule has 0 aliphatic heterocycles. The number of amides is 1. The molecule has 1 N–H and O–H groups in total.